The van der Waals surface area contributed by atoms with E-state index in [1.807, 2.05) is 24.3 Å². The van der Waals surface area contributed by atoms with Crippen LogP contribution in [0.1, 0.15) is 18.9 Å². The van der Waals surface area contributed by atoms with Crippen molar-refractivity contribution in [2.24, 2.45) is 0 Å². The van der Waals surface area contributed by atoms with E-state index in [1.165, 1.54) is 18.9 Å². The lowest BCUT2D eigenvalue weighted by Gasteiger charge is -2.21. The summed E-state index contributed by atoms with van der Waals surface area (Å²) in [7, 11) is 3.10. The molecule has 0 aliphatic carbocycles. The maximum Gasteiger partial charge on any atom is 0.326 e. The number of carboxylic acids is 1. The molecule has 104 valence electrons. The van der Waals surface area contributed by atoms with E-state index in [2.05, 4.69) is 0 Å². The summed E-state index contributed by atoms with van der Waals surface area (Å²) in [4.78, 5) is 23.9. The monoisotopic (exact) mass is 265 g/mol. The highest BCUT2D eigenvalue weighted by Gasteiger charge is 2.21. The minimum Gasteiger partial charge on any atom is -0.497 e. The van der Waals surface area contributed by atoms with Gasteiger partial charge in [-0.25, -0.2) is 4.79 Å². The number of hydrogen-bond acceptors (Lipinski definition) is 3. The summed E-state index contributed by atoms with van der Waals surface area (Å²) in [5.41, 5.74) is 0.990. The van der Waals surface area contributed by atoms with Crippen LogP contribution in [-0.4, -0.2) is 42.1 Å². The third-order valence-electron chi connectivity index (χ3n) is 3.09. The van der Waals surface area contributed by atoms with Gasteiger partial charge in [0.05, 0.1) is 7.11 Å². The highest BCUT2D eigenvalue weighted by atomic mass is 16.5. The molecule has 0 saturated carbocycles. The fourth-order valence-corrected chi connectivity index (χ4v) is 1.64. The second-order valence-corrected chi connectivity index (χ2v) is 4.37. The third kappa shape index (κ3) is 4.28. The second kappa shape index (κ2) is 6.78. The number of likely N-dealkylation sites (N-methyl/N-ethyl adjacent to an activating group) is 1. The summed E-state index contributed by atoms with van der Waals surface area (Å²) in [6.45, 7) is 1.49. The van der Waals surface area contributed by atoms with Gasteiger partial charge in [-0.15, -0.1) is 0 Å². The number of rotatable bonds is 6. The minimum absolute atomic E-state index is 0.183. The van der Waals surface area contributed by atoms with Crippen LogP contribution in [0.3, 0.4) is 0 Å². The van der Waals surface area contributed by atoms with Gasteiger partial charge in [0.25, 0.3) is 0 Å². The molecule has 5 nitrogen and oxygen atoms in total. The molecule has 0 spiro atoms. The first kappa shape index (κ1) is 15.0. The molecule has 0 aromatic heterocycles. The normalized spacial score (nSPS) is 11.7. The van der Waals surface area contributed by atoms with Crippen LogP contribution in [0, 0.1) is 0 Å². The van der Waals surface area contributed by atoms with E-state index in [4.69, 9.17) is 9.84 Å². The summed E-state index contributed by atoms with van der Waals surface area (Å²) in [6.07, 6.45) is 0.841. The highest BCUT2D eigenvalue weighted by molar-refractivity contribution is 5.83. The quantitative estimate of drug-likeness (QED) is 0.847. The molecule has 1 amide bonds. The van der Waals surface area contributed by atoms with Crippen molar-refractivity contribution in [2.45, 2.75) is 25.8 Å². The van der Waals surface area contributed by atoms with Crippen molar-refractivity contribution < 1.29 is 19.4 Å². The van der Waals surface area contributed by atoms with Crippen molar-refractivity contribution >= 4 is 11.9 Å². The van der Waals surface area contributed by atoms with Gasteiger partial charge in [0.2, 0.25) is 5.91 Å². The van der Waals surface area contributed by atoms with Crippen LogP contribution in [0.5, 0.6) is 5.75 Å². The zero-order valence-corrected chi connectivity index (χ0v) is 11.4. The van der Waals surface area contributed by atoms with Gasteiger partial charge in [-0.3, -0.25) is 4.79 Å². The number of hydrogen-bond donors (Lipinski definition) is 1. The van der Waals surface area contributed by atoms with Crippen molar-refractivity contribution in [2.75, 3.05) is 14.2 Å². The maximum absolute atomic E-state index is 11.8. The number of nitrogens with zero attached hydrogens (tertiary/aromatic N) is 1. The molecule has 0 aliphatic rings. The Morgan fingerprint density at radius 1 is 1.42 bits per heavy atom. The average Bonchev–Trinajstić information content (AvgIpc) is 2.43. The Morgan fingerprint density at radius 3 is 2.68 bits per heavy atom. The smallest absolute Gasteiger partial charge is 0.326 e. The maximum atomic E-state index is 11.8. The first-order valence-corrected chi connectivity index (χ1v) is 6.07. The molecule has 1 aromatic carbocycles. The van der Waals surface area contributed by atoms with Crippen LogP contribution in [0.4, 0.5) is 0 Å². The number of aliphatic carboxylic acids is 1. The van der Waals surface area contributed by atoms with E-state index >= 15 is 0 Å². The van der Waals surface area contributed by atoms with Gasteiger partial charge in [-0.2, -0.15) is 0 Å². The Kier molecular flexibility index (Phi) is 5.36. The zero-order valence-electron chi connectivity index (χ0n) is 11.4. The molecule has 19 heavy (non-hydrogen) atoms. The Balaban J connectivity index is 2.56. The van der Waals surface area contributed by atoms with Crippen molar-refractivity contribution in [3.8, 4) is 5.75 Å². The second-order valence-electron chi connectivity index (χ2n) is 4.37. The lowest BCUT2D eigenvalue weighted by Crippen LogP contribution is -2.40. The standard InChI is InChI=1S/C14H19NO4/c1-10(14(17)18)15(2)13(16)8-7-11-5-4-6-12(9-11)19-3/h4-6,9-10H,7-8H2,1-3H3,(H,17,18). The average molecular weight is 265 g/mol. The Bertz CT molecular complexity index is 459. The summed E-state index contributed by atoms with van der Waals surface area (Å²) >= 11 is 0. The van der Waals surface area contributed by atoms with Crippen LogP contribution >= 0.6 is 0 Å². The number of ether oxygens (including phenoxy) is 1. The summed E-state index contributed by atoms with van der Waals surface area (Å²) in [5.74, 6) is -0.438. The fraction of sp³-hybridized carbons (Fsp3) is 0.429. The molecular formula is C14H19NO4. The summed E-state index contributed by atoms with van der Waals surface area (Å²) in [6, 6.07) is 6.68. The Hall–Kier alpha value is -2.04. The molecule has 1 rings (SSSR count). The molecule has 0 saturated heterocycles. The van der Waals surface area contributed by atoms with Crippen LogP contribution in [0.15, 0.2) is 24.3 Å². The Morgan fingerprint density at radius 2 is 2.11 bits per heavy atom. The van der Waals surface area contributed by atoms with E-state index in [-0.39, 0.29) is 12.3 Å². The van der Waals surface area contributed by atoms with Crippen LogP contribution < -0.4 is 4.74 Å². The SMILES string of the molecule is COc1cccc(CCC(=O)N(C)C(C)C(=O)O)c1. The van der Waals surface area contributed by atoms with E-state index in [0.717, 1.165) is 11.3 Å². The molecule has 0 bridgehead atoms. The molecule has 5 heteroatoms. The molecule has 1 N–H and O–H groups in total. The van der Waals surface area contributed by atoms with Gasteiger partial charge in [-0.1, -0.05) is 12.1 Å². The van der Waals surface area contributed by atoms with Gasteiger partial charge in [0, 0.05) is 13.5 Å². The summed E-state index contributed by atoms with van der Waals surface area (Å²) in [5, 5.41) is 8.84. The zero-order chi connectivity index (χ0) is 14.4. The molecular weight excluding hydrogens is 246 g/mol. The summed E-state index contributed by atoms with van der Waals surface area (Å²) < 4.78 is 5.11. The highest BCUT2D eigenvalue weighted by Crippen LogP contribution is 2.14. The molecule has 0 radical (unpaired) electrons. The number of benzene rings is 1. The van der Waals surface area contributed by atoms with E-state index < -0.39 is 12.0 Å². The van der Waals surface area contributed by atoms with Crippen molar-refractivity contribution in [1.82, 2.24) is 4.90 Å². The lowest BCUT2D eigenvalue weighted by molar-refractivity contribution is -0.148. The van der Waals surface area contributed by atoms with Crippen molar-refractivity contribution in [3.05, 3.63) is 29.8 Å². The first-order chi connectivity index (χ1) is 8.95. The number of methoxy groups -OCH3 is 1. The van der Waals surface area contributed by atoms with Gasteiger partial charge in [-0.05, 0) is 31.0 Å². The number of carboxylic acid groups (broad SMARTS) is 1. The van der Waals surface area contributed by atoms with Gasteiger partial charge in [0.15, 0.2) is 0 Å². The largest absolute Gasteiger partial charge is 0.497 e. The number of amides is 1. The molecule has 0 fully saturated rings. The van der Waals surface area contributed by atoms with Gasteiger partial charge >= 0.3 is 5.97 Å². The molecule has 1 atom stereocenters. The minimum atomic E-state index is -1.00. The molecule has 0 heterocycles. The van der Waals surface area contributed by atoms with Crippen LogP contribution in [-0.2, 0) is 16.0 Å². The molecule has 0 aliphatic heterocycles. The predicted molar refractivity (Wildman–Crippen MR) is 71.2 cm³/mol. The Labute approximate surface area is 112 Å². The van der Waals surface area contributed by atoms with Crippen LogP contribution in [0.25, 0.3) is 0 Å². The van der Waals surface area contributed by atoms with E-state index in [0.29, 0.717) is 6.42 Å². The predicted octanol–water partition coefficient (Wildman–Crippen LogP) is 1.56. The van der Waals surface area contributed by atoms with Crippen molar-refractivity contribution in [1.29, 1.82) is 0 Å². The number of aryl methyl sites for hydroxylation is 1. The third-order valence-corrected chi connectivity index (χ3v) is 3.09. The molecule has 1 aromatic rings. The first-order valence-electron chi connectivity index (χ1n) is 6.07. The number of carbonyl (C=O) groups is 2. The molecule has 1 unspecified atom stereocenters. The topological polar surface area (TPSA) is 66.8 Å². The van der Waals surface area contributed by atoms with Crippen molar-refractivity contribution in [3.63, 3.8) is 0 Å². The van der Waals surface area contributed by atoms with E-state index in [9.17, 15) is 9.59 Å². The van der Waals surface area contributed by atoms with Crippen LogP contribution in [0.2, 0.25) is 0 Å². The van der Waals surface area contributed by atoms with Gasteiger partial charge in [0.1, 0.15) is 11.8 Å². The fourth-order valence-electron chi connectivity index (χ4n) is 1.64. The van der Waals surface area contributed by atoms with E-state index in [1.54, 1.807) is 7.11 Å². The van der Waals surface area contributed by atoms with Gasteiger partial charge < -0.3 is 14.7 Å². The lowest BCUT2D eigenvalue weighted by atomic mass is 10.1. The number of carbonyl (C=O) groups excluding carboxylic acids is 1.